The highest BCUT2D eigenvalue weighted by atomic mass is 16.5. The van der Waals surface area contributed by atoms with E-state index in [9.17, 15) is 14.4 Å². The van der Waals surface area contributed by atoms with Gasteiger partial charge in [0.05, 0.1) is 12.2 Å². The first-order valence-electron chi connectivity index (χ1n) is 7.62. The molecule has 1 aliphatic heterocycles. The van der Waals surface area contributed by atoms with Gasteiger partial charge in [0.2, 0.25) is 0 Å². The number of carbonyl (C=O) groups is 3. The largest absolute Gasteiger partial charge is 0.466 e. The quantitative estimate of drug-likeness (QED) is 0.576. The highest BCUT2D eigenvalue weighted by Crippen LogP contribution is 2.38. The minimum atomic E-state index is -0.406. The Morgan fingerprint density at radius 3 is 2.68 bits per heavy atom. The molecule has 1 aliphatic carbocycles. The second-order valence-electron chi connectivity index (χ2n) is 6.04. The number of carbonyl (C=O) groups excluding carboxylic acids is 3. The summed E-state index contributed by atoms with van der Waals surface area (Å²) in [5.74, 6) is -0.663. The van der Waals surface area contributed by atoms with E-state index < -0.39 is 6.10 Å². The van der Waals surface area contributed by atoms with Crippen molar-refractivity contribution in [2.75, 3.05) is 6.61 Å². The predicted molar refractivity (Wildman–Crippen MR) is 79.9 cm³/mol. The molecule has 0 radical (unpaired) electrons. The Morgan fingerprint density at radius 1 is 1.36 bits per heavy atom. The van der Waals surface area contributed by atoms with Crippen molar-refractivity contribution in [3.8, 4) is 0 Å². The molecule has 0 N–H and O–H groups in total. The van der Waals surface area contributed by atoms with Gasteiger partial charge in [0, 0.05) is 24.5 Å². The molecule has 0 saturated carbocycles. The molecule has 0 bridgehead atoms. The number of allylic oxidation sites excluding steroid dienone is 1. The van der Waals surface area contributed by atoms with E-state index in [2.05, 4.69) is 0 Å². The second-order valence-corrected chi connectivity index (χ2v) is 6.04. The van der Waals surface area contributed by atoms with Gasteiger partial charge in [-0.05, 0) is 32.6 Å². The van der Waals surface area contributed by atoms with Crippen molar-refractivity contribution in [2.45, 2.75) is 53.1 Å². The standard InChI is InChI=1S/C17H22O5/c1-9(6-5-7-21-12(4)18)14-10(2)8-13-15(16(14)19)11(3)17(20)22-13/h9,13H,5-8H2,1-4H3. The lowest BCUT2D eigenvalue weighted by atomic mass is 9.78. The molecule has 0 amide bonds. The number of ether oxygens (including phenoxy) is 2. The highest BCUT2D eigenvalue weighted by molar-refractivity contribution is 6.16. The van der Waals surface area contributed by atoms with E-state index in [1.165, 1.54) is 6.92 Å². The zero-order valence-corrected chi connectivity index (χ0v) is 13.5. The van der Waals surface area contributed by atoms with E-state index in [0.29, 0.717) is 30.6 Å². The van der Waals surface area contributed by atoms with Crippen LogP contribution in [0.2, 0.25) is 0 Å². The predicted octanol–water partition coefficient (Wildman–Crippen LogP) is 2.50. The van der Waals surface area contributed by atoms with Crippen molar-refractivity contribution in [2.24, 2.45) is 5.92 Å². The molecule has 0 saturated heterocycles. The number of Topliss-reactive ketones (excluding diaryl/α,β-unsaturated/α-hetero) is 1. The fourth-order valence-corrected chi connectivity index (χ4v) is 3.21. The summed E-state index contributed by atoms with van der Waals surface area (Å²) in [5.41, 5.74) is 2.73. The van der Waals surface area contributed by atoms with Crippen molar-refractivity contribution in [3.05, 3.63) is 22.3 Å². The van der Waals surface area contributed by atoms with Crippen LogP contribution in [0, 0.1) is 5.92 Å². The van der Waals surface area contributed by atoms with Crippen LogP contribution in [0.15, 0.2) is 22.3 Å². The van der Waals surface area contributed by atoms with Crippen LogP contribution >= 0.6 is 0 Å². The Labute approximate surface area is 130 Å². The second kappa shape index (κ2) is 6.46. The van der Waals surface area contributed by atoms with Gasteiger partial charge in [-0.25, -0.2) is 4.79 Å². The average molecular weight is 306 g/mol. The van der Waals surface area contributed by atoms with Gasteiger partial charge in [-0.1, -0.05) is 12.5 Å². The summed E-state index contributed by atoms with van der Waals surface area (Å²) < 4.78 is 10.2. The molecule has 5 heteroatoms. The van der Waals surface area contributed by atoms with Gasteiger partial charge in [-0.15, -0.1) is 0 Å². The van der Waals surface area contributed by atoms with Crippen molar-refractivity contribution < 1.29 is 23.9 Å². The molecule has 2 aliphatic rings. The van der Waals surface area contributed by atoms with Crippen LogP contribution in [-0.2, 0) is 23.9 Å². The van der Waals surface area contributed by atoms with Crippen LogP contribution < -0.4 is 0 Å². The van der Waals surface area contributed by atoms with E-state index in [1.807, 2.05) is 13.8 Å². The lowest BCUT2D eigenvalue weighted by Crippen LogP contribution is -2.28. The number of esters is 2. The summed E-state index contributed by atoms with van der Waals surface area (Å²) in [6, 6.07) is 0. The molecule has 0 aromatic carbocycles. The molecular formula is C17H22O5. The van der Waals surface area contributed by atoms with Crippen LogP contribution in [0.1, 0.15) is 47.0 Å². The number of rotatable bonds is 5. The maximum atomic E-state index is 12.7. The van der Waals surface area contributed by atoms with Crippen molar-refractivity contribution in [1.29, 1.82) is 0 Å². The summed E-state index contributed by atoms with van der Waals surface area (Å²) in [5, 5.41) is 0. The molecule has 0 fully saturated rings. The summed E-state index contributed by atoms with van der Waals surface area (Å²) in [4.78, 5) is 35.1. The Bertz CT molecular complexity index is 582. The van der Waals surface area contributed by atoms with Crippen LogP contribution in [0.4, 0.5) is 0 Å². The SMILES string of the molecule is CC(=O)OCCCC(C)C1=C(C)CC2OC(=O)C(C)=C2C1=O. The minimum absolute atomic E-state index is 0.0583. The highest BCUT2D eigenvalue weighted by Gasteiger charge is 2.41. The topological polar surface area (TPSA) is 69.7 Å². The lowest BCUT2D eigenvalue weighted by molar-refractivity contribution is -0.141. The first-order valence-corrected chi connectivity index (χ1v) is 7.62. The fourth-order valence-electron chi connectivity index (χ4n) is 3.21. The third-order valence-corrected chi connectivity index (χ3v) is 4.30. The van der Waals surface area contributed by atoms with Gasteiger partial charge in [0.25, 0.3) is 0 Å². The third kappa shape index (κ3) is 3.13. The molecule has 2 atom stereocenters. The normalized spacial score (nSPS) is 22.6. The van der Waals surface area contributed by atoms with E-state index in [-0.39, 0.29) is 23.6 Å². The molecule has 0 aromatic rings. The molecule has 0 spiro atoms. The number of hydrogen-bond acceptors (Lipinski definition) is 5. The Morgan fingerprint density at radius 2 is 2.05 bits per heavy atom. The Hall–Kier alpha value is -1.91. The number of ketones is 1. The summed E-state index contributed by atoms with van der Waals surface area (Å²) in [7, 11) is 0. The zero-order chi connectivity index (χ0) is 16.4. The molecule has 2 unspecified atom stereocenters. The van der Waals surface area contributed by atoms with Crippen LogP contribution in [-0.4, -0.2) is 30.4 Å². The Kier molecular flexibility index (Phi) is 4.84. The van der Waals surface area contributed by atoms with Gasteiger partial charge >= 0.3 is 11.9 Å². The van der Waals surface area contributed by atoms with Crippen LogP contribution in [0.5, 0.6) is 0 Å². The molecule has 22 heavy (non-hydrogen) atoms. The maximum absolute atomic E-state index is 12.7. The van der Waals surface area contributed by atoms with Crippen molar-refractivity contribution in [3.63, 3.8) is 0 Å². The van der Waals surface area contributed by atoms with E-state index in [1.54, 1.807) is 6.92 Å². The molecule has 5 nitrogen and oxygen atoms in total. The van der Waals surface area contributed by atoms with Crippen molar-refractivity contribution in [1.82, 2.24) is 0 Å². The number of hydrogen-bond donors (Lipinski definition) is 0. The van der Waals surface area contributed by atoms with Gasteiger partial charge < -0.3 is 9.47 Å². The summed E-state index contributed by atoms with van der Waals surface area (Å²) in [6.45, 7) is 7.32. The van der Waals surface area contributed by atoms with E-state index in [4.69, 9.17) is 9.47 Å². The van der Waals surface area contributed by atoms with Gasteiger partial charge in [0.15, 0.2) is 5.78 Å². The van der Waals surface area contributed by atoms with E-state index in [0.717, 1.165) is 17.6 Å². The maximum Gasteiger partial charge on any atom is 0.334 e. The monoisotopic (exact) mass is 306 g/mol. The fraction of sp³-hybridized carbons (Fsp3) is 0.588. The van der Waals surface area contributed by atoms with E-state index >= 15 is 0 Å². The first kappa shape index (κ1) is 16.5. The lowest BCUT2D eigenvalue weighted by Gasteiger charge is -2.26. The smallest absolute Gasteiger partial charge is 0.334 e. The van der Waals surface area contributed by atoms with Crippen molar-refractivity contribution >= 4 is 17.7 Å². The number of fused-ring (bicyclic) bond motifs is 1. The van der Waals surface area contributed by atoms with Gasteiger partial charge in [-0.3, -0.25) is 9.59 Å². The van der Waals surface area contributed by atoms with Gasteiger partial charge in [0.1, 0.15) is 6.10 Å². The third-order valence-electron chi connectivity index (χ3n) is 4.30. The van der Waals surface area contributed by atoms with Gasteiger partial charge in [-0.2, -0.15) is 0 Å². The molecular weight excluding hydrogens is 284 g/mol. The Balaban J connectivity index is 2.09. The summed E-state index contributed by atoms with van der Waals surface area (Å²) >= 11 is 0. The zero-order valence-electron chi connectivity index (χ0n) is 13.5. The molecule has 0 aromatic heterocycles. The first-order chi connectivity index (χ1) is 10.3. The molecule has 120 valence electrons. The molecule has 1 heterocycles. The van der Waals surface area contributed by atoms with Crippen LogP contribution in [0.3, 0.4) is 0 Å². The van der Waals surface area contributed by atoms with Crippen LogP contribution in [0.25, 0.3) is 0 Å². The molecule has 2 rings (SSSR count). The minimum Gasteiger partial charge on any atom is -0.466 e. The summed E-state index contributed by atoms with van der Waals surface area (Å²) in [6.07, 6.45) is 1.66. The average Bonchev–Trinajstić information content (AvgIpc) is 2.69.